The van der Waals surface area contributed by atoms with E-state index in [-0.39, 0.29) is 0 Å². The third kappa shape index (κ3) is 1.81. The zero-order valence-corrected chi connectivity index (χ0v) is 11.3. The Hall–Kier alpha value is -0.823. The first-order valence-corrected chi connectivity index (χ1v) is 8.89. The first-order chi connectivity index (χ1) is 7.11. The van der Waals surface area contributed by atoms with Gasteiger partial charge in [-0.2, -0.15) is 0 Å². The monoisotopic (exact) mass is 216 g/mol. The van der Waals surface area contributed by atoms with Gasteiger partial charge in [-0.25, -0.2) is 0 Å². The van der Waals surface area contributed by atoms with Crippen LogP contribution in [-0.4, -0.2) is 8.80 Å². The van der Waals surface area contributed by atoms with E-state index in [0.29, 0.717) is 5.92 Å². The predicted molar refractivity (Wildman–Crippen MR) is 70.9 cm³/mol. The molecule has 1 atom stereocenters. The van der Waals surface area contributed by atoms with Gasteiger partial charge in [0.05, 0.1) is 0 Å². The van der Waals surface area contributed by atoms with Gasteiger partial charge >= 0.3 is 0 Å². The summed E-state index contributed by atoms with van der Waals surface area (Å²) >= 11 is 0. The molecule has 0 saturated carbocycles. The minimum absolute atomic E-state index is 0.642. The van der Waals surface area contributed by atoms with Gasteiger partial charge < -0.3 is 0 Å². The summed E-state index contributed by atoms with van der Waals surface area (Å²) in [6.45, 7) is 9.56. The number of hydrogen-bond acceptors (Lipinski definition) is 0. The van der Waals surface area contributed by atoms with E-state index in [4.69, 9.17) is 0 Å². The zero-order chi connectivity index (χ0) is 11.0. The van der Waals surface area contributed by atoms with E-state index in [9.17, 15) is 0 Å². The lowest BCUT2D eigenvalue weighted by molar-refractivity contribution is 0.741. The van der Waals surface area contributed by atoms with Crippen molar-refractivity contribution < 1.29 is 0 Å². The molecule has 0 nitrogen and oxygen atoms in total. The fraction of sp³-hybridized carbons (Fsp3) is 0.429. The Balaban J connectivity index is 2.47. The SMILES string of the molecule is CC(C)C1=Cc2ccccc2C1[SiH](C)C. The molecule has 0 N–H and O–H groups in total. The summed E-state index contributed by atoms with van der Waals surface area (Å²) in [6.07, 6.45) is 2.43. The quantitative estimate of drug-likeness (QED) is 0.659. The van der Waals surface area contributed by atoms with Gasteiger partial charge in [-0.05, 0) is 22.6 Å². The van der Waals surface area contributed by atoms with Crippen molar-refractivity contribution in [2.24, 2.45) is 5.92 Å². The first-order valence-electron chi connectivity index (χ1n) is 5.91. The maximum absolute atomic E-state index is 2.46. The molecule has 1 unspecified atom stereocenters. The highest BCUT2D eigenvalue weighted by molar-refractivity contribution is 6.58. The normalized spacial score (nSPS) is 19.6. The Labute approximate surface area is 94.6 Å². The van der Waals surface area contributed by atoms with Crippen LogP contribution in [0.3, 0.4) is 0 Å². The maximum Gasteiger partial charge on any atom is 0.0440 e. The smallest absolute Gasteiger partial charge is 0.0440 e. The van der Waals surface area contributed by atoms with Crippen LogP contribution in [-0.2, 0) is 0 Å². The van der Waals surface area contributed by atoms with Crippen LogP contribution in [0, 0.1) is 5.92 Å². The van der Waals surface area contributed by atoms with E-state index in [1.165, 1.54) is 5.56 Å². The van der Waals surface area contributed by atoms with E-state index in [1.54, 1.807) is 11.1 Å². The van der Waals surface area contributed by atoms with Crippen molar-refractivity contribution in [2.75, 3.05) is 0 Å². The fourth-order valence-electron chi connectivity index (χ4n) is 2.64. The molecule has 0 fully saturated rings. The highest BCUT2D eigenvalue weighted by Gasteiger charge is 2.29. The Bertz CT molecular complexity index is 388. The van der Waals surface area contributed by atoms with Crippen LogP contribution in [0.5, 0.6) is 0 Å². The van der Waals surface area contributed by atoms with E-state index in [1.807, 2.05) is 0 Å². The largest absolute Gasteiger partial charge is 0.0714 e. The third-order valence-electron chi connectivity index (χ3n) is 3.35. The van der Waals surface area contributed by atoms with Crippen LogP contribution in [0.4, 0.5) is 0 Å². The third-order valence-corrected chi connectivity index (χ3v) is 5.42. The average molecular weight is 216 g/mol. The summed E-state index contributed by atoms with van der Waals surface area (Å²) in [4.78, 5) is 0. The topological polar surface area (TPSA) is 0 Å². The number of rotatable bonds is 2. The van der Waals surface area contributed by atoms with Crippen LogP contribution in [0.15, 0.2) is 29.8 Å². The standard InChI is InChI=1S/C14H20Si/c1-10(2)13-9-11-7-5-6-8-12(11)14(13)15(3)4/h5-10,14-15H,1-4H3. The molecule has 1 aromatic carbocycles. The van der Waals surface area contributed by atoms with Crippen molar-refractivity contribution in [1.29, 1.82) is 0 Å². The second kappa shape index (κ2) is 3.97. The molecule has 80 valence electrons. The van der Waals surface area contributed by atoms with Gasteiger partial charge in [0.2, 0.25) is 0 Å². The minimum atomic E-state index is -0.642. The second-order valence-corrected chi connectivity index (χ2v) is 8.30. The minimum Gasteiger partial charge on any atom is -0.0714 e. The summed E-state index contributed by atoms with van der Waals surface area (Å²) in [5.74, 6) is 0.692. The van der Waals surface area contributed by atoms with E-state index < -0.39 is 8.80 Å². The van der Waals surface area contributed by atoms with Gasteiger partial charge in [0.1, 0.15) is 0 Å². The predicted octanol–water partition coefficient (Wildman–Crippen LogP) is 3.85. The lowest BCUT2D eigenvalue weighted by Gasteiger charge is -2.22. The summed E-state index contributed by atoms with van der Waals surface area (Å²) < 4.78 is 0. The van der Waals surface area contributed by atoms with Gasteiger partial charge in [-0.3, -0.25) is 0 Å². The number of hydrogen-bond donors (Lipinski definition) is 0. The van der Waals surface area contributed by atoms with Crippen molar-refractivity contribution in [3.8, 4) is 0 Å². The molecule has 1 aromatic rings. The molecule has 0 radical (unpaired) electrons. The lowest BCUT2D eigenvalue weighted by atomic mass is 10.0. The summed E-state index contributed by atoms with van der Waals surface area (Å²) in [5.41, 5.74) is 5.49. The highest BCUT2D eigenvalue weighted by Crippen LogP contribution is 2.41. The van der Waals surface area contributed by atoms with Crippen LogP contribution >= 0.6 is 0 Å². The fourth-order valence-corrected chi connectivity index (χ4v) is 4.92. The van der Waals surface area contributed by atoms with Crippen molar-refractivity contribution >= 4 is 14.9 Å². The molecule has 2 rings (SSSR count). The molecule has 1 aliphatic rings. The Kier molecular flexibility index (Phi) is 2.83. The molecule has 0 bridgehead atoms. The number of allylic oxidation sites excluding steroid dienone is 1. The summed E-state index contributed by atoms with van der Waals surface area (Å²) in [5, 5.41) is 0. The van der Waals surface area contributed by atoms with Gasteiger partial charge in [0.15, 0.2) is 0 Å². The zero-order valence-electron chi connectivity index (χ0n) is 10.1. The summed E-state index contributed by atoms with van der Waals surface area (Å²) in [7, 11) is -0.642. The average Bonchev–Trinajstić information content (AvgIpc) is 2.56. The molecule has 0 spiro atoms. The van der Waals surface area contributed by atoms with Gasteiger partial charge in [0.25, 0.3) is 0 Å². The van der Waals surface area contributed by atoms with Crippen molar-refractivity contribution in [1.82, 2.24) is 0 Å². The van der Waals surface area contributed by atoms with Crippen LogP contribution in [0.25, 0.3) is 6.08 Å². The molecule has 0 aromatic heterocycles. The molecule has 0 saturated heterocycles. The molecule has 0 heterocycles. The van der Waals surface area contributed by atoms with Crippen molar-refractivity contribution in [2.45, 2.75) is 32.5 Å². The maximum atomic E-state index is 2.46. The lowest BCUT2D eigenvalue weighted by Crippen LogP contribution is -2.18. The van der Waals surface area contributed by atoms with Crippen LogP contribution in [0.2, 0.25) is 13.1 Å². The van der Waals surface area contributed by atoms with Crippen LogP contribution < -0.4 is 0 Å². The van der Waals surface area contributed by atoms with Crippen molar-refractivity contribution in [3.63, 3.8) is 0 Å². The Morgan fingerprint density at radius 2 is 1.80 bits per heavy atom. The van der Waals surface area contributed by atoms with E-state index in [0.717, 1.165) is 5.54 Å². The molecule has 0 amide bonds. The highest BCUT2D eigenvalue weighted by atomic mass is 28.3. The Morgan fingerprint density at radius 3 is 2.40 bits per heavy atom. The van der Waals surface area contributed by atoms with Gasteiger partial charge in [-0.15, -0.1) is 0 Å². The summed E-state index contributed by atoms with van der Waals surface area (Å²) in [6, 6.07) is 8.91. The molecule has 15 heavy (non-hydrogen) atoms. The molecular formula is C14H20Si. The number of fused-ring (bicyclic) bond motifs is 1. The molecule has 1 aliphatic carbocycles. The molecular weight excluding hydrogens is 196 g/mol. The van der Waals surface area contributed by atoms with E-state index in [2.05, 4.69) is 57.3 Å². The van der Waals surface area contributed by atoms with E-state index >= 15 is 0 Å². The number of benzene rings is 1. The first kappa shape index (κ1) is 10.7. The van der Waals surface area contributed by atoms with Gasteiger partial charge in [-0.1, -0.05) is 62.9 Å². The van der Waals surface area contributed by atoms with Gasteiger partial charge in [0, 0.05) is 8.80 Å². The molecule has 1 heteroatoms. The van der Waals surface area contributed by atoms with Crippen molar-refractivity contribution in [3.05, 3.63) is 41.0 Å². The second-order valence-electron chi connectivity index (χ2n) is 5.15. The van der Waals surface area contributed by atoms with Crippen LogP contribution in [0.1, 0.15) is 30.5 Å². The Morgan fingerprint density at radius 1 is 1.13 bits per heavy atom. The molecule has 0 aliphatic heterocycles.